The number of carbonyl (C=O) groups excluding carboxylic acids is 1. The first-order valence-corrected chi connectivity index (χ1v) is 10.4. The Morgan fingerprint density at radius 1 is 0.706 bits per heavy atom. The van der Waals surface area contributed by atoms with E-state index in [2.05, 4.69) is 5.32 Å². The maximum absolute atomic E-state index is 12.2. The predicted molar refractivity (Wildman–Crippen MR) is 134 cm³/mol. The molecule has 0 aliphatic carbocycles. The highest BCUT2D eigenvalue weighted by atomic mass is 16.5. The van der Waals surface area contributed by atoms with Crippen LogP contribution in [0.4, 0.5) is 5.69 Å². The summed E-state index contributed by atoms with van der Waals surface area (Å²) >= 11 is 0. The third kappa shape index (κ3) is 6.10. The van der Waals surface area contributed by atoms with Crippen LogP contribution < -0.4 is 24.3 Å². The lowest BCUT2D eigenvalue weighted by atomic mass is 10.1. The van der Waals surface area contributed by atoms with E-state index in [1.165, 1.54) is 19.3 Å². The van der Waals surface area contributed by atoms with Gasteiger partial charge in [0.25, 0.3) is 0 Å². The zero-order valence-corrected chi connectivity index (χ0v) is 19.5. The SMILES string of the molecule is COc1ccc(/C=C/C(=O)Nc2ccc(/C=C/c3cc(OC)c(OC)c(OC)c3)cc2)cc1O. The highest BCUT2D eigenvalue weighted by molar-refractivity contribution is 6.02. The summed E-state index contributed by atoms with van der Waals surface area (Å²) < 4.78 is 21.1. The number of hydrogen-bond donors (Lipinski definition) is 2. The summed E-state index contributed by atoms with van der Waals surface area (Å²) in [6.07, 6.45) is 6.90. The van der Waals surface area contributed by atoms with Crippen LogP contribution in [0.3, 0.4) is 0 Å². The average Bonchev–Trinajstić information content (AvgIpc) is 2.86. The smallest absolute Gasteiger partial charge is 0.248 e. The number of phenols is 1. The molecule has 0 aliphatic rings. The highest BCUT2D eigenvalue weighted by Crippen LogP contribution is 2.38. The minimum Gasteiger partial charge on any atom is -0.504 e. The third-order valence-corrected chi connectivity index (χ3v) is 4.96. The van der Waals surface area contributed by atoms with E-state index >= 15 is 0 Å². The van der Waals surface area contributed by atoms with Crippen molar-refractivity contribution in [1.29, 1.82) is 0 Å². The quantitative estimate of drug-likeness (QED) is 0.334. The molecule has 0 atom stereocenters. The zero-order chi connectivity index (χ0) is 24.5. The fourth-order valence-corrected chi connectivity index (χ4v) is 3.23. The second-order valence-electron chi connectivity index (χ2n) is 7.17. The van der Waals surface area contributed by atoms with Gasteiger partial charge in [0, 0.05) is 11.8 Å². The number of rotatable bonds is 9. The number of carbonyl (C=O) groups is 1. The second-order valence-corrected chi connectivity index (χ2v) is 7.17. The first kappa shape index (κ1) is 24.3. The largest absolute Gasteiger partial charge is 0.504 e. The lowest BCUT2D eigenvalue weighted by Gasteiger charge is -2.12. The van der Waals surface area contributed by atoms with E-state index in [9.17, 15) is 9.90 Å². The zero-order valence-electron chi connectivity index (χ0n) is 19.5. The van der Waals surface area contributed by atoms with Gasteiger partial charge < -0.3 is 29.4 Å². The Bertz CT molecular complexity index is 1170. The van der Waals surface area contributed by atoms with Gasteiger partial charge >= 0.3 is 0 Å². The molecule has 2 N–H and O–H groups in total. The number of ether oxygens (including phenoxy) is 4. The van der Waals surface area contributed by atoms with Gasteiger partial charge in [0.1, 0.15) is 0 Å². The molecule has 0 aromatic heterocycles. The summed E-state index contributed by atoms with van der Waals surface area (Å²) in [6, 6.07) is 16.1. The Kier molecular flexibility index (Phi) is 8.18. The van der Waals surface area contributed by atoms with Gasteiger partial charge in [-0.15, -0.1) is 0 Å². The molecule has 3 rings (SSSR count). The minimum absolute atomic E-state index is 0.0141. The number of amides is 1. The van der Waals surface area contributed by atoms with Crippen molar-refractivity contribution < 1.29 is 28.8 Å². The van der Waals surface area contributed by atoms with Crippen molar-refractivity contribution in [2.24, 2.45) is 0 Å². The van der Waals surface area contributed by atoms with Crippen LogP contribution in [0.1, 0.15) is 16.7 Å². The fourth-order valence-electron chi connectivity index (χ4n) is 3.23. The van der Waals surface area contributed by atoms with Crippen LogP contribution in [0.2, 0.25) is 0 Å². The van der Waals surface area contributed by atoms with Crippen LogP contribution in [0.5, 0.6) is 28.7 Å². The van der Waals surface area contributed by atoms with Gasteiger partial charge in [-0.05, 0) is 59.2 Å². The van der Waals surface area contributed by atoms with Gasteiger partial charge in [0.15, 0.2) is 23.0 Å². The molecular formula is C27H27NO6. The first-order valence-electron chi connectivity index (χ1n) is 10.4. The second kappa shape index (κ2) is 11.5. The molecule has 0 heterocycles. The number of nitrogens with one attached hydrogen (secondary N) is 1. The molecule has 34 heavy (non-hydrogen) atoms. The van der Waals surface area contributed by atoms with Gasteiger partial charge in [0.05, 0.1) is 28.4 Å². The molecule has 0 saturated heterocycles. The van der Waals surface area contributed by atoms with Crippen LogP contribution in [0.15, 0.2) is 60.7 Å². The maximum atomic E-state index is 12.2. The van der Waals surface area contributed by atoms with Crippen molar-refractivity contribution in [1.82, 2.24) is 0 Å². The average molecular weight is 462 g/mol. The van der Waals surface area contributed by atoms with Gasteiger partial charge in [0.2, 0.25) is 11.7 Å². The topological polar surface area (TPSA) is 86.3 Å². The first-order chi connectivity index (χ1) is 16.5. The van der Waals surface area contributed by atoms with Crippen LogP contribution in [0.25, 0.3) is 18.2 Å². The van der Waals surface area contributed by atoms with Crippen LogP contribution in [-0.4, -0.2) is 39.5 Å². The number of anilines is 1. The number of hydrogen-bond acceptors (Lipinski definition) is 6. The summed E-state index contributed by atoms with van der Waals surface area (Å²) in [5, 5.41) is 12.6. The van der Waals surface area contributed by atoms with E-state index in [0.29, 0.717) is 34.2 Å². The van der Waals surface area contributed by atoms with Crippen LogP contribution >= 0.6 is 0 Å². The van der Waals surface area contributed by atoms with Gasteiger partial charge in [-0.1, -0.05) is 30.4 Å². The van der Waals surface area contributed by atoms with Crippen LogP contribution in [0, 0.1) is 0 Å². The molecule has 1 amide bonds. The van der Waals surface area contributed by atoms with Crippen molar-refractivity contribution in [3.05, 3.63) is 77.4 Å². The van der Waals surface area contributed by atoms with E-state index in [1.807, 2.05) is 48.6 Å². The Morgan fingerprint density at radius 2 is 1.29 bits per heavy atom. The van der Waals surface area contributed by atoms with Crippen LogP contribution in [-0.2, 0) is 4.79 Å². The fraction of sp³-hybridized carbons (Fsp3) is 0.148. The predicted octanol–water partition coefficient (Wildman–Crippen LogP) is 5.25. The van der Waals surface area contributed by atoms with Crippen molar-refractivity contribution in [2.75, 3.05) is 33.8 Å². The molecule has 0 fully saturated rings. The molecule has 176 valence electrons. The molecule has 0 radical (unpaired) electrons. The number of phenolic OH excluding ortho intramolecular Hbond substituents is 1. The molecule has 0 unspecified atom stereocenters. The van der Waals surface area contributed by atoms with Crippen molar-refractivity contribution >= 4 is 29.8 Å². The van der Waals surface area contributed by atoms with E-state index < -0.39 is 0 Å². The molecule has 0 saturated carbocycles. The molecule has 0 spiro atoms. The van der Waals surface area contributed by atoms with Gasteiger partial charge in [-0.3, -0.25) is 4.79 Å². The van der Waals surface area contributed by atoms with Gasteiger partial charge in [-0.25, -0.2) is 0 Å². The minimum atomic E-state index is -0.281. The molecular weight excluding hydrogens is 434 g/mol. The monoisotopic (exact) mass is 461 g/mol. The molecule has 0 aliphatic heterocycles. The summed E-state index contributed by atoms with van der Waals surface area (Å²) in [5.41, 5.74) is 3.19. The van der Waals surface area contributed by atoms with Crippen molar-refractivity contribution in [2.45, 2.75) is 0 Å². The third-order valence-electron chi connectivity index (χ3n) is 4.96. The normalized spacial score (nSPS) is 10.9. The number of aromatic hydroxyl groups is 1. The van der Waals surface area contributed by atoms with Crippen molar-refractivity contribution in [3.8, 4) is 28.7 Å². The lowest BCUT2D eigenvalue weighted by molar-refractivity contribution is -0.111. The van der Waals surface area contributed by atoms with E-state index in [1.54, 1.807) is 39.5 Å². The number of methoxy groups -OCH3 is 4. The van der Waals surface area contributed by atoms with E-state index in [4.69, 9.17) is 18.9 Å². The molecule has 7 nitrogen and oxygen atoms in total. The van der Waals surface area contributed by atoms with Gasteiger partial charge in [-0.2, -0.15) is 0 Å². The Hall–Kier alpha value is -4.39. The van der Waals surface area contributed by atoms with E-state index in [-0.39, 0.29) is 11.7 Å². The Labute approximate surface area is 198 Å². The molecule has 3 aromatic rings. The Balaban J connectivity index is 1.64. The molecule has 7 heteroatoms. The maximum Gasteiger partial charge on any atom is 0.248 e. The molecule has 3 aromatic carbocycles. The molecule has 0 bridgehead atoms. The van der Waals surface area contributed by atoms with E-state index in [0.717, 1.165) is 11.1 Å². The van der Waals surface area contributed by atoms with Crippen molar-refractivity contribution in [3.63, 3.8) is 0 Å². The highest BCUT2D eigenvalue weighted by Gasteiger charge is 2.12. The standard InChI is InChI=1S/C27H27NO6/c1-31-23-13-9-19(15-22(23)29)10-14-26(30)28-21-11-7-18(8-12-21)5-6-20-16-24(32-2)27(34-4)25(17-20)33-3/h5-17,29H,1-4H3,(H,28,30)/b6-5+,14-10+. The Morgan fingerprint density at radius 3 is 1.85 bits per heavy atom. The lowest BCUT2D eigenvalue weighted by Crippen LogP contribution is -2.07. The summed E-state index contributed by atoms with van der Waals surface area (Å²) in [7, 11) is 6.20. The summed E-state index contributed by atoms with van der Waals surface area (Å²) in [4.78, 5) is 12.2. The summed E-state index contributed by atoms with van der Waals surface area (Å²) in [6.45, 7) is 0. The summed E-state index contributed by atoms with van der Waals surface area (Å²) in [5.74, 6) is 1.81. The number of benzene rings is 3.